The zero-order valence-corrected chi connectivity index (χ0v) is 17.3. The zero-order valence-electron chi connectivity index (χ0n) is 16.5. The summed E-state index contributed by atoms with van der Waals surface area (Å²) in [5.41, 5.74) is 10.2. The molecule has 1 fully saturated rings. The standard InChI is InChI=1S/C21H28N4O2S/c1-16-6-9-19(14-17(16)2)24-21(22)23-15-18-7-10-20(11-8-18)28(26,27)25-12-4-3-5-13-25/h6-11,14H,3-5,12-13,15H2,1-2H3,(H3,22,23,24). The van der Waals surface area contributed by atoms with Crippen molar-refractivity contribution in [3.63, 3.8) is 0 Å². The molecular formula is C21H28N4O2S. The summed E-state index contributed by atoms with van der Waals surface area (Å²) in [6.45, 7) is 5.71. The quantitative estimate of drug-likeness (QED) is 0.595. The van der Waals surface area contributed by atoms with Gasteiger partial charge in [-0.1, -0.05) is 24.6 Å². The summed E-state index contributed by atoms with van der Waals surface area (Å²) in [4.78, 5) is 4.68. The van der Waals surface area contributed by atoms with Gasteiger partial charge in [0.2, 0.25) is 10.0 Å². The van der Waals surface area contributed by atoms with Gasteiger partial charge in [-0.15, -0.1) is 0 Å². The molecule has 150 valence electrons. The molecule has 0 unspecified atom stereocenters. The molecule has 0 saturated carbocycles. The Balaban J connectivity index is 1.63. The summed E-state index contributed by atoms with van der Waals surface area (Å²) in [5, 5.41) is 3.08. The second-order valence-electron chi connectivity index (χ2n) is 7.23. The van der Waals surface area contributed by atoms with Crippen molar-refractivity contribution in [1.29, 1.82) is 0 Å². The highest BCUT2D eigenvalue weighted by molar-refractivity contribution is 7.89. The molecule has 0 aromatic heterocycles. The number of nitrogens with one attached hydrogen (secondary N) is 1. The fraction of sp³-hybridized carbons (Fsp3) is 0.381. The first-order valence-corrected chi connectivity index (χ1v) is 11.0. The predicted octanol–water partition coefficient (Wildman–Crippen LogP) is 3.40. The van der Waals surface area contributed by atoms with Gasteiger partial charge in [0.25, 0.3) is 0 Å². The van der Waals surface area contributed by atoms with Crippen LogP contribution in [0.2, 0.25) is 0 Å². The molecular weight excluding hydrogens is 372 g/mol. The molecule has 1 aliphatic rings. The first-order valence-electron chi connectivity index (χ1n) is 9.59. The second-order valence-corrected chi connectivity index (χ2v) is 9.17. The van der Waals surface area contributed by atoms with Crippen molar-refractivity contribution < 1.29 is 8.42 Å². The van der Waals surface area contributed by atoms with Crippen LogP contribution in [-0.4, -0.2) is 31.8 Å². The van der Waals surface area contributed by atoms with Crippen LogP contribution in [0.5, 0.6) is 0 Å². The van der Waals surface area contributed by atoms with Crippen LogP contribution in [-0.2, 0) is 16.6 Å². The molecule has 3 N–H and O–H groups in total. The molecule has 0 atom stereocenters. The van der Waals surface area contributed by atoms with Crippen molar-refractivity contribution in [1.82, 2.24) is 4.31 Å². The number of anilines is 1. The van der Waals surface area contributed by atoms with Crippen LogP contribution in [0.15, 0.2) is 52.4 Å². The lowest BCUT2D eigenvalue weighted by atomic mass is 10.1. The third-order valence-corrected chi connectivity index (χ3v) is 7.00. The summed E-state index contributed by atoms with van der Waals surface area (Å²) in [6.07, 6.45) is 2.96. The van der Waals surface area contributed by atoms with Crippen molar-refractivity contribution in [3.05, 3.63) is 59.2 Å². The molecule has 1 saturated heterocycles. The van der Waals surface area contributed by atoms with Crippen LogP contribution in [0.4, 0.5) is 5.69 Å². The van der Waals surface area contributed by atoms with Gasteiger partial charge in [-0.3, -0.25) is 0 Å². The first-order chi connectivity index (χ1) is 13.4. The number of nitrogens with zero attached hydrogens (tertiary/aromatic N) is 2. The number of sulfonamides is 1. The summed E-state index contributed by atoms with van der Waals surface area (Å²) in [6, 6.07) is 12.9. The number of nitrogens with two attached hydrogens (primary N) is 1. The fourth-order valence-corrected chi connectivity index (χ4v) is 4.72. The molecule has 2 aromatic rings. The third kappa shape index (κ3) is 4.91. The Kier molecular flexibility index (Phi) is 6.36. The van der Waals surface area contributed by atoms with Crippen molar-refractivity contribution in [3.8, 4) is 0 Å². The lowest BCUT2D eigenvalue weighted by molar-refractivity contribution is 0.346. The van der Waals surface area contributed by atoms with Crippen LogP contribution in [0, 0.1) is 13.8 Å². The Morgan fingerprint density at radius 1 is 1.04 bits per heavy atom. The Bertz CT molecular complexity index is 947. The number of aliphatic imine (C=N–C) groups is 1. The van der Waals surface area contributed by atoms with E-state index in [9.17, 15) is 8.42 Å². The van der Waals surface area contributed by atoms with Gasteiger partial charge in [0.15, 0.2) is 5.96 Å². The number of rotatable bonds is 5. The van der Waals surface area contributed by atoms with Gasteiger partial charge in [0.05, 0.1) is 11.4 Å². The van der Waals surface area contributed by atoms with E-state index >= 15 is 0 Å². The third-order valence-electron chi connectivity index (χ3n) is 5.09. The number of hydrogen-bond acceptors (Lipinski definition) is 3. The molecule has 7 heteroatoms. The van der Waals surface area contributed by atoms with E-state index in [2.05, 4.69) is 17.2 Å². The molecule has 28 heavy (non-hydrogen) atoms. The van der Waals surface area contributed by atoms with Gasteiger partial charge in [0, 0.05) is 18.8 Å². The summed E-state index contributed by atoms with van der Waals surface area (Å²) in [7, 11) is -3.40. The molecule has 0 aliphatic carbocycles. The van der Waals surface area contributed by atoms with Crippen LogP contribution in [0.1, 0.15) is 36.0 Å². The van der Waals surface area contributed by atoms with Gasteiger partial charge in [0.1, 0.15) is 0 Å². The molecule has 0 bridgehead atoms. The number of benzene rings is 2. The van der Waals surface area contributed by atoms with E-state index < -0.39 is 10.0 Å². The molecule has 2 aromatic carbocycles. The summed E-state index contributed by atoms with van der Waals surface area (Å²) < 4.78 is 27.0. The van der Waals surface area contributed by atoms with Crippen LogP contribution in [0.3, 0.4) is 0 Å². The van der Waals surface area contributed by atoms with Gasteiger partial charge in [-0.2, -0.15) is 4.31 Å². The maximum atomic E-state index is 12.7. The smallest absolute Gasteiger partial charge is 0.243 e. The van der Waals surface area contributed by atoms with Crippen molar-refractivity contribution >= 4 is 21.7 Å². The van der Waals surface area contributed by atoms with E-state index in [0.717, 1.165) is 30.5 Å². The Morgan fingerprint density at radius 3 is 2.36 bits per heavy atom. The number of guanidine groups is 1. The van der Waals surface area contributed by atoms with Gasteiger partial charge in [-0.05, 0) is 67.6 Å². The zero-order chi connectivity index (χ0) is 20.1. The predicted molar refractivity (Wildman–Crippen MR) is 114 cm³/mol. The normalized spacial score (nSPS) is 16.1. The monoisotopic (exact) mass is 400 g/mol. The van der Waals surface area contributed by atoms with Crippen molar-refractivity contribution in [2.75, 3.05) is 18.4 Å². The maximum Gasteiger partial charge on any atom is 0.243 e. The Hall–Kier alpha value is -2.38. The SMILES string of the molecule is Cc1ccc(NC(N)=NCc2ccc(S(=O)(=O)N3CCCCC3)cc2)cc1C. The minimum atomic E-state index is -3.40. The second kappa shape index (κ2) is 8.75. The van der Waals surface area contributed by atoms with Crippen molar-refractivity contribution in [2.24, 2.45) is 10.7 Å². The molecule has 0 amide bonds. The Labute approximate surface area is 167 Å². The summed E-state index contributed by atoms with van der Waals surface area (Å²) >= 11 is 0. The summed E-state index contributed by atoms with van der Waals surface area (Å²) in [5.74, 6) is 0.327. The Morgan fingerprint density at radius 2 is 1.71 bits per heavy atom. The van der Waals surface area contributed by atoms with E-state index in [-0.39, 0.29) is 0 Å². The molecule has 1 heterocycles. The highest BCUT2D eigenvalue weighted by Crippen LogP contribution is 2.21. The average molecular weight is 401 g/mol. The molecule has 0 spiro atoms. The average Bonchev–Trinajstić information content (AvgIpc) is 2.70. The highest BCUT2D eigenvalue weighted by Gasteiger charge is 2.25. The molecule has 0 radical (unpaired) electrons. The topological polar surface area (TPSA) is 87.8 Å². The fourth-order valence-electron chi connectivity index (χ4n) is 3.20. The maximum absolute atomic E-state index is 12.7. The molecule has 1 aliphatic heterocycles. The van der Waals surface area contributed by atoms with Gasteiger partial charge >= 0.3 is 0 Å². The van der Waals surface area contributed by atoms with Crippen LogP contribution < -0.4 is 11.1 Å². The molecule has 3 rings (SSSR count). The van der Waals surface area contributed by atoms with Gasteiger partial charge < -0.3 is 11.1 Å². The van der Waals surface area contributed by atoms with E-state index in [0.29, 0.717) is 30.5 Å². The van der Waals surface area contributed by atoms with E-state index in [1.165, 1.54) is 11.1 Å². The number of aryl methyl sites for hydroxylation is 2. The minimum Gasteiger partial charge on any atom is -0.370 e. The van der Waals surface area contributed by atoms with Crippen molar-refractivity contribution in [2.45, 2.75) is 44.6 Å². The number of hydrogen-bond donors (Lipinski definition) is 2. The highest BCUT2D eigenvalue weighted by atomic mass is 32.2. The minimum absolute atomic E-state index is 0.327. The van der Waals surface area contributed by atoms with E-state index in [1.807, 2.05) is 25.1 Å². The number of piperidine rings is 1. The first kappa shape index (κ1) is 20.4. The molecule has 6 nitrogen and oxygen atoms in total. The van der Waals surface area contributed by atoms with Crippen LogP contribution in [0.25, 0.3) is 0 Å². The van der Waals surface area contributed by atoms with Gasteiger partial charge in [-0.25, -0.2) is 13.4 Å². The van der Waals surface area contributed by atoms with E-state index in [4.69, 9.17) is 5.73 Å². The lowest BCUT2D eigenvalue weighted by Gasteiger charge is -2.25. The van der Waals surface area contributed by atoms with Crippen LogP contribution >= 0.6 is 0 Å². The largest absolute Gasteiger partial charge is 0.370 e. The lowest BCUT2D eigenvalue weighted by Crippen LogP contribution is -2.35. The van der Waals surface area contributed by atoms with E-state index in [1.54, 1.807) is 28.6 Å².